The molecule has 0 spiro atoms. The molecule has 4 heterocycles. The number of aryl methyl sites for hydroxylation is 1. The molecule has 0 bridgehead atoms. The number of pyridine rings is 2. The van der Waals surface area contributed by atoms with E-state index >= 15 is 0 Å². The molecule has 2 aliphatic heterocycles. The Bertz CT molecular complexity index is 2720. The lowest BCUT2D eigenvalue weighted by Gasteiger charge is -2.58. The van der Waals surface area contributed by atoms with Gasteiger partial charge in [-0.1, -0.05) is 79.4 Å². The number of rotatable bonds is 16. The minimum absolute atomic E-state index is 0.125. The van der Waals surface area contributed by atoms with Gasteiger partial charge in [0.15, 0.2) is 13.9 Å². The van der Waals surface area contributed by atoms with Crippen molar-refractivity contribution in [3.8, 4) is 17.1 Å². The molecule has 14 heteroatoms. The number of fused-ring (bicyclic) bond motifs is 10. The molecule has 9 rings (SSSR count). The number of nitrogens with zero attached hydrogens (tertiary/aromatic N) is 2. The summed E-state index contributed by atoms with van der Waals surface area (Å²) in [5.74, 6) is 3.20. The first-order chi connectivity index (χ1) is 34.2. The Balaban J connectivity index is 0.753. The Morgan fingerprint density at radius 3 is 2.43 bits per heavy atom. The average Bonchev–Trinajstić information content (AvgIpc) is 3.88. The highest BCUT2D eigenvalue weighted by atomic mass is 28.4. The highest BCUT2D eigenvalue weighted by Crippen LogP contribution is 2.67. The standard InChI is InChI=1S/C58H78N2O11Si/c1-11-39-41-29-37(17-21-48(41)59-52-42(39)31-60-49(52)30-47-43(53(60)63)32-66-54(64)58(47,12-2)71-72(8,9)10)70-55(65)68-33-67-50(61)22-23-51(62)69-38-24-26-56(6)36(28-38)16-18-40-45-20-19-44(35(5)15-13-14-34(3)4)57(45,7)27-25-46(40)56/h16-17,21,29-30,34-35,38,40,44-46H,11-15,18-20,22-28,31-33H2,1-10H3/t35-,38?,40+,44-,45+,46+,56+,57-,58?/m1/s1. The summed E-state index contributed by atoms with van der Waals surface area (Å²) >= 11 is 0. The first-order valence-electron chi connectivity index (χ1n) is 27.2. The van der Waals surface area contributed by atoms with Crippen molar-refractivity contribution in [3.05, 3.63) is 68.5 Å². The van der Waals surface area contributed by atoms with Crippen molar-refractivity contribution in [1.82, 2.24) is 9.55 Å². The lowest BCUT2D eigenvalue weighted by Crippen LogP contribution is -2.51. The van der Waals surface area contributed by atoms with Crippen LogP contribution in [0.2, 0.25) is 19.6 Å². The lowest BCUT2D eigenvalue weighted by atomic mass is 9.47. The van der Waals surface area contributed by atoms with Gasteiger partial charge >= 0.3 is 24.1 Å². The van der Waals surface area contributed by atoms with Crippen LogP contribution in [0.25, 0.3) is 22.3 Å². The van der Waals surface area contributed by atoms with E-state index in [2.05, 4.69) is 40.7 Å². The number of allylic oxidation sites excluding steroid dienone is 1. The third-order valence-corrected chi connectivity index (χ3v) is 19.2. The van der Waals surface area contributed by atoms with Crippen molar-refractivity contribution in [2.75, 3.05) is 6.79 Å². The Morgan fingerprint density at radius 1 is 0.917 bits per heavy atom. The monoisotopic (exact) mass is 1010 g/mol. The maximum absolute atomic E-state index is 14.1. The zero-order valence-corrected chi connectivity index (χ0v) is 45.5. The molecule has 9 atom stereocenters. The molecule has 1 aromatic carbocycles. The number of aromatic nitrogens is 2. The third-order valence-electron chi connectivity index (χ3n) is 18.3. The van der Waals surface area contributed by atoms with E-state index in [1.807, 2.05) is 39.6 Å². The van der Waals surface area contributed by atoms with Gasteiger partial charge in [0.2, 0.25) is 6.79 Å². The van der Waals surface area contributed by atoms with E-state index in [0.717, 1.165) is 71.8 Å². The molecule has 3 aromatic rings. The van der Waals surface area contributed by atoms with Crippen LogP contribution in [0.5, 0.6) is 5.75 Å². The summed E-state index contributed by atoms with van der Waals surface area (Å²) in [6, 6.07) is 6.91. The highest BCUT2D eigenvalue weighted by molar-refractivity contribution is 6.70. The second kappa shape index (κ2) is 20.1. The molecule has 72 heavy (non-hydrogen) atoms. The summed E-state index contributed by atoms with van der Waals surface area (Å²) in [6.07, 6.45) is 14.9. The first kappa shape index (κ1) is 52.1. The second-order valence-corrected chi connectivity index (χ2v) is 28.4. The van der Waals surface area contributed by atoms with E-state index in [1.165, 1.54) is 50.5 Å². The zero-order valence-electron chi connectivity index (χ0n) is 44.5. The Hall–Kier alpha value is -4.82. The van der Waals surface area contributed by atoms with Crippen LogP contribution in [0.3, 0.4) is 0 Å². The van der Waals surface area contributed by atoms with Gasteiger partial charge in [0.1, 0.15) is 18.5 Å². The van der Waals surface area contributed by atoms with Gasteiger partial charge in [0.05, 0.1) is 41.9 Å². The van der Waals surface area contributed by atoms with Gasteiger partial charge in [0, 0.05) is 22.9 Å². The molecule has 13 nitrogen and oxygen atoms in total. The Labute approximate surface area is 426 Å². The van der Waals surface area contributed by atoms with Gasteiger partial charge in [-0.05, 0) is 154 Å². The molecule has 3 fully saturated rings. The lowest BCUT2D eigenvalue weighted by molar-refractivity contribution is -0.169. The van der Waals surface area contributed by atoms with E-state index in [0.29, 0.717) is 52.2 Å². The molecule has 3 saturated carbocycles. The van der Waals surface area contributed by atoms with Crippen molar-refractivity contribution in [1.29, 1.82) is 0 Å². The van der Waals surface area contributed by atoms with Gasteiger partial charge in [-0.15, -0.1) is 0 Å². The van der Waals surface area contributed by atoms with Crippen LogP contribution in [0.15, 0.2) is 40.7 Å². The Morgan fingerprint density at radius 2 is 1.69 bits per heavy atom. The van der Waals surface area contributed by atoms with Crippen molar-refractivity contribution < 1.29 is 47.3 Å². The summed E-state index contributed by atoms with van der Waals surface area (Å²) in [7, 11) is -2.29. The third kappa shape index (κ3) is 9.61. The maximum atomic E-state index is 14.1. The average molecular weight is 1010 g/mol. The number of hydrogen-bond donors (Lipinski definition) is 0. The number of carbonyl (C=O) groups excluding carboxylic acids is 4. The predicted molar refractivity (Wildman–Crippen MR) is 276 cm³/mol. The molecule has 6 aliphatic rings. The largest absolute Gasteiger partial charge is 0.516 e. The topological polar surface area (TPSA) is 159 Å². The number of ether oxygens (including phenoxy) is 5. The predicted octanol–water partition coefficient (Wildman–Crippen LogP) is 12.3. The van der Waals surface area contributed by atoms with Crippen LogP contribution >= 0.6 is 0 Å². The zero-order chi connectivity index (χ0) is 51.5. The number of carbonyl (C=O) groups is 4. The fourth-order valence-electron chi connectivity index (χ4n) is 14.8. The van der Waals surface area contributed by atoms with Gasteiger partial charge < -0.3 is 32.7 Å². The quantitative estimate of drug-likeness (QED) is 0.0261. The van der Waals surface area contributed by atoms with E-state index in [-0.39, 0.29) is 48.8 Å². The molecule has 2 unspecified atom stereocenters. The first-order valence-corrected chi connectivity index (χ1v) is 30.6. The molecule has 0 radical (unpaired) electrons. The van der Waals surface area contributed by atoms with Crippen molar-refractivity contribution in [2.24, 2.45) is 46.3 Å². The number of benzene rings is 1. The van der Waals surface area contributed by atoms with E-state index < -0.39 is 44.8 Å². The fraction of sp³-hybridized carbons (Fsp3) is 0.655. The van der Waals surface area contributed by atoms with Gasteiger partial charge in [-0.2, -0.15) is 0 Å². The molecule has 0 amide bonds. The van der Waals surface area contributed by atoms with Crippen molar-refractivity contribution >= 4 is 43.3 Å². The Kier molecular flexibility index (Phi) is 14.6. The van der Waals surface area contributed by atoms with Gasteiger partial charge in [-0.25, -0.2) is 14.6 Å². The normalized spacial score (nSPS) is 28.6. The summed E-state index contributed by atoms with van der Waals surface area (Å²) in [5, 5.41) is 0.742. The summed E-state index contributed by atoms with van der Waals surface area (Å²) < 4.78 is 35.5. The van der Waals surface area contributed by atoms with Crippen LogP contribution in [0, 0.1) is 46.3 Å². The van der Waals surface area contributed by atoms with E-state index in [1.54, 1.807) is 22.8 Å². The van der Waals surface area contributed by atoms with E-state index in [9.17, 15) is 24.0 Å². The summed E-state index contributed by atoms with van der Waals surface area (Å²) in [5.41, 5.74) is 5.06. The molecule has 390 valence electrons. The van der Waals surface area contributed by atoms with Crippen molar-refractivity contribution in [2.45, 2.75) is 189 Å². The minimum Gasteiger partial charge on any atom is -0.462 e. The second-order valence-electron chi connectivity index (χ2n) is 24.0. The van der Waals surface area contributed by atoms with Crippen LogP contribution in [-0.4, -0.2) is 54.8 Å². The van der Waals surface area contributed by atoms with Crippen LogP contribution in [0.4, 0.5) is 4.79 Å². The molecular weight excluding hydrogens is 929 g/mol. The van der Waals surface area contributed by atoms with Gasteiger partial charge in [0.25, 0.3) is 5.56 Å². The molecule has 4 aliphatic carbocycles. The minimum atomic E-state index is -2.29. The molecule has 2 aromatic heterocycles. The number of esters is 3. The highest BCUT2D eigenvalue weighted by Gasteiger charge is 2.59. The smallest absolute Gasteiger partial charge is 0.462 e. The van der Waals surface area contributed by atoms with Crippen LogP contribution in [-0.2, 0) is 62.9 Å². The summed E-state index contributed by atoms with van der Waals surface area (Å²) in [4.78, 5) is 71.0. The van der Waals surface area contributed by atoms with E-state index in [4.69, 9.17) is 33.1 Å². The maximum Gasteiger partial charge on any atom is 0.516 e. The number of cyclic esters (lactones) is 1. The number of hydrogen-bond acceptors (Lipinski definition) is 12. The SMILES string of the molecule is CCc1c2c(nc3ccc(OC(=O)OCOC(=O)CCC(=O)OC4CC[C@@]5(C)C(=CC[C@H]6[C@@H]7CC[C@H]([C@H](C)CCCC(C)C)[C@@]7(C)CC[C@@H]65)C4)cc13)-c1cc3c(c(=O)n1C2)COC(=O)C3(CC)O[Si](C)(C)C. The van der Waals surface area contributed by atoms with Gasteiger partial charge in [-0.3, -0.25) is 14.4 Å². The van der Waals surface area contributed by atoms with Crippen LogP contribution < -0.4 is 10.3 Å². The fourth-order valence-corrected chi connectivity index (χ4v) is 16.2. The molecular formula is C58H78N2O11Si. The molecule has 0 saturated heterocycles. The van der Waals surface area contributed by atoms with Crippen LogP contribution in [0.1, 0.15) is 161 Å². The van der Waals surface area contributed by atoms with Crippen molar-refractivity contribution in [3.63, 3.8) is 0 Å². The molecule has 0 N–H and O–H groups in total. The summed E-state index contributed by atoms with van der Waals surface area (Å²) in [6.45, 7) is 21.7.